The molecule has 1 aliphatic rings. The Labute approximate surface area is 92.4 Å². The Morgan fingerprint density at radius 2 is 1.47 bits per heavy atom. The van der Waals surface area contributed by atoms with Gasteiger partial charge in [-0.3, -0.25) is 0 Å². The van der Waals surface area contributed by atoms with Gasteiger partial charge >= 0.3 is 0 Å². The summed E-state index contributed by atoms with van der Waals surface area (Å²) in [6.07, 6.45) is 1.02. The van der Waals surface area contributed by atoms with E-state index in [0.717, 1.165) is 5.57 Å². The molecule has 15 heavy (non-hydrogen) atoms. The van der Waals surface area contributed by atoms with Gasteiger partial charge in [-0.2, -0.15) is 5.06 Å². The fourth-order valence-corrected chi connectivity index (χ4v) is 2.76. The Kier molecular flexibility index (Phi) is 2.80. The minimum absolute atomic E-state index is 0.435. The van der Waals surface area contributed by atoms with Gasteiger partial charge in [0.25, 0.3) is 0 Å². The molecule has 0 aromatic heterocycles. The van der Waals surface area contributed by atoms with Gasteiger partial charge in [0.05, 0.1) is 5.60 Å². The molecule has 0 aromatic rings. The lowest BCUT2D eigenvalue weighted by atomic mass is 9.70. The SMILES string of the molecule is C=C(C)C1(O)CC(C)(C)N(O)C(C)(C)C1. The second-order valence-corrected chi connectivity index (χ2v) is 6.10. The van der Waals surface area contributed by atoms with Gasteiger partial charge in [-0.15, -0.1) is 0 Å². The lowest BCUT2D eigenvalue weighted by Gasteiger charge is -2.55. The molecule has 0 radical (unpaired) electrons. The predicted molar refractivity (Wildman–Crippen MR) is 60.8 cm³/mol. The van der Waals surface area contributed by atoms with Crippen LogP contribution in [0.15, 0.2) is 12.2 Å². The van der Waals surface area contributed by atoms with Crippen LogP contribution in [0.2, 0.25) is 0 Å². The first kappa shape index (κ1) is 12.7. The summed E-state index contributed by atoms with van der Waals surface area (Å²) in [5, 5.41) is 21.9. The zero-order valence-electron chi connectivity index (χ0n) is 10.5. The summed E-state index contributed by atoms with van der Waals surface area (Å²) in [5.41, 5.74) is -0.964. The van der Waals surface area contributed by atoms with Gasteiger partial charge in [0.1, 0.15) is 0 Å². The van der Waals surface area contributed by atoms with Crippen molar-refractivity contribution >= 4 is 0 Å². The number of hydrogen-bond acceptors (Lipinski definition) is 3. The van der Waals surface area contributed by atoms with E-state index in [1.807, 2.05) is 34.6 Å². The minimum Gasteiger partial charge on any atom is -0.385 e. The van der Waals surface area contributed by atoms with Crippen LogP contribution in [0.3, 0.4) is 0 Å². The van der Waals surface area contributed by atoms with Crippen LogP contribution >= 0.6 is 0 Å². The summed E-state index contributed by atoms with van der Waals surface area (Å²) < 4.78 is 0. The van der Waals surface area contributed by atoms with Gasteiger partial charge in [-0.05, 0) is 40.2 Å². The van der Waals surface area contributed by atoms with Crippen LogP contribution in [0.4, 0.5) is 0 Å². The monoisotopic (exact) mass is 213 g/mol. The summed E-state index contributed by atoms with van der Waals surface area (Å²) in [4.78, 5) is 0. The zero-order valence-corrected chi connectivity index (χ0v) is 10.5. The molecule has 1 rings (SSSR count). The normalized spacial score (nSPS) is 28.7. The third-order valence-electron chi connectivity index (χ3n) is 3.39. The van der Waals surface area contributed by atoms with Gasteiger partial charge in [0, 0.05) is 23.9 Å². The quantitative estimate of drug-likeness (QED) is 0.657. The topological polar surface area (TPSA) is 43.7 Å². The molecular weight excluding hydrogens is 190 g/mol. The van der Waals surface area contributed by atoms with Crippen LogP contribution < -0.4 is 0 Å². The second-order valence-electron chi connectivity index (χ2n) is 6.10. The van der Waals surface area contributed by atoms with E-state index in [1.165, 1.54) is 5.06 Å². The van der Waals surface area contributed by atoms with Gasteiger partial charge in [-0.1, -0.05) is 6.58 Å². The maximum Gasteiger partial charge on any atom is 0.0888 e. The molecule has 0 bridgehead atoms. The molecule has 3 heteroatoms. The fraction of sp³-hybridized carbons (Fsp3) is 0.833. The van der Waals surface area contributed by atoms with Crippen LogP contribution in [0, 0.1) is 0 Å². The van der Waals surface area contributed by atoms with Crippen LogP contribution in [0.1, 0.15) is 47.5 Å². The number of rotatable bonds is 1. The molecule has 1 fully saturated rings. The van der Waals surface area contributed by atoms with Crippen molar-refractivity contribution < 1.29 is 10.3 Å². The number of aliphatic hydroxyl groups is 1. The molecular formula is C12H23NO2. The number of hydroxylamine groups is 2. The first-order chi connectivity index (χ1) is 6.51. The second kappa shape index (κ2) is 3.30. The maximum atomic E-state index is 10.5. The predicted octanol–water partition coefficient (Wildman–Crippen LogP) is 2.34. The highest BCUT2D eigenvalue weighted by atomic mass is 16.5. The number of piperidine rings is 1. The van der Waals surface area contributed by atoms with Crippen molar-refractivity contribution in [2.75, 3.05) is 0 Å². The van der Waals surface area contributed by atoms with Crippen molar-refractivity contribution in [1.82, 2.24) is 5.06 Å². The van der Waals surface area contributed by atoms with Gasteiger partial charge < -0.3 is 10.3 Å². The van der Waals surface area contributed by atoms with E-state index in [9.17, 15) is 10.3 Å². The summed E-state index contributed by atoms with van der Waals surface area (Å²) in [7, 11) is 0. The van der Waals surface area contributed by atoms with E-state index in [4.69, 9.17) is 0 Å². The number of nitrogens with zero attached hydrogens (tertiary/aromatic N) is 1. The van der Waals surface area contributed by atoms with Crippen LogP contribution in [-0.4, -0.2) is 32.1 Å². The first-order valence-corrected chi connectivity index (χ1v) is 5.39. The largest absolute Gasteiger partial charge is 0.385 e. The Hall–Kier alpha value is -0.380. The lowest BCUT2D eigenvalue weighted by Crippen LogP contribution is -2.64. The van der Waals surface area contributed by atoms with Crippen molar-refractivity contribution in [3.8, 4) is 0 Å². The lowest BCUT2D eigenvalue weighted by molar-refractivity contribution is -0.269. The smallest absolute Gasteiger partial charge is 0.0888 e. The van der Waals surface area contributed by atoms with E-state index in [1.54, 1.807) is 0 Å². The molecule has 1 aliphatic heterocycles. The van der Waals surface area contributed by atoms with E-state index in [2.05, 4.69) is 6.58 Å². The van der Waals surface area contributed by atoms with Crippen LogP contribution in [0.5, 0.6) is 0 Å². The average molecular weight is 213 g/mol. The molecule has 3 nitrogen and oxygen atoms in total. The van der Waals surface area contributed by atoms with Crippen LogP contribution in [-0.2, 0) is 0 Å². The highest BCUT2D eigenvalue weighted by molar-refractivity contribution is 5.17. The molecule has 88 valence electrons. The highest BCUT2D eigenvalue weighted by Crippen LogP contribution is 2.44. The molecule has 1 heterocycles. The first-order valence-electron chi connectivity index (χ1n) is 5.39. The number of hydrogen-bond donors (Lipinski definition) is 2. The van der Waals surface area contributed by atoms with Crippen molar-refractivity contribution in [3.05, 3.63) is 12.2 Å². The molecule has 0 saturated carbocycles. The molecule has 2 N–H and O–H groups in total. The van der Waals surface area contributed by atoms with Gasteiger partial charge in [0.2, 0.25) is 0 Å². The molecule has 0 atom stereocenters. The van der Waals surface area contributed by atoms with E-state index >= 15 is 0 Å². The molecule has 0 aliphatic carbocycles. The fourth-order valence-electron chi connectivity index (χ4n) is 2.76. The summed E-state index contributed by atoms with van der Waals surface area (Å²) in [6.45, 7) is 13.4. The van der Waals surface area contributed by atoms with E-state index in [0.29, 0.717) is 12.8 Å². The Balaban J connectivity index is 3.09. The average Bonchev–Trinajstić information content (AvgIpc) is 1.98. The Bertz CT molecular complexity index is 263. The van der Waals surface area contributed by atoms with Crippen molar-refractivity contribution in [2.24, 2.45) is 0 Å². The maximum absolute atomic E-state index is 10.5. The molecule has 0 spiro atoms. The Morgan fingerprint density at radius 3 is 1.73 bits per heavy atom. The Morgan fingerprint density at radius 1 is 1.13 bits per heavy atom. The molecule has 0 amide bonds. The standard InChI is InChI=1S/C12H23NO2/c1-9(2)12(14)7-10(3,4)13(15)11(5,6)8-12/h14-15H,1,7-8H2,2-6H3. The molecule has 0 unspecified atom stereocenters. The third kappa shape index (κ3) is 2.10. The summed E-state index contributed by atoms with van der Waals surface area (Å²) in [6, 6.07) is 0. The van der Waals surface area contributed by atoms with Gasteiger partial charge in [-0.25, -0.2) is 0 Å². The van der Waals surface area contributed by atoms with E-state index in [-0.39, 0.29) is 0 Å². The third-order valence-corrected chi connectivity index (χ3v) is 3.39. The van der Waals surface area contributed by atoms with Crippen LogP contribution in [0.25, 0.3) is 0 Å². The minimum atomic E-state index is -0.869. The summed E-state index contributed by atoms with van der Waals surface area (Å²) in [5.74, 6) is 0. The van der Waals surface area contributed by atoms with Crippen molar-refractivity contribution in [3.63, 3.8) is 0 Å². The molecule has 0 aromatic carbocycles. The zero-order chi connectivity index (χ0) is 12.1. The van der Waals surface area contributed by atoms with E-state index < -0.39 is 16.7 Å². The van der Waals surface area contributed by atoms with Crippen molar-refractivity contribution in [1.29, 1.82) is 0 Å². The highest BCUT2D eigenvalue weighted by Gasteiger charge is 2.51. The summed E-state index contributed by atoms with van der Waals surface area (Å²) >= 11 is 0. The van der Waals surface area contributed by atoms with Crippen molar-refractivity contribution in [2.45, 2.75) is 64.1 Å². The molecule has 1 saturated heterocycles. The van der Waals surface area contributed by atoms with Gasteiger partial charge in [0.15, 0.2) is 0 Å².